The van der Waals surface area contributed by atoms with Gasteiger partial charge in [0, 0.05) is 22.1 Å². The Kier molecular flexibility index (Phi) is 7.31. The van der Waals surface area contributed by atoms with Crippen LogP contribution in [-0.4, -0.2) is 9.97 Å². The highest BCUT2D eigenvalue weighted by Crippen LogP contribution is 2.64. The summed E-state index contributed by atoms with van der Waals surface area (Å²) < 4.78 is 0. The highest BCUT2D eigenvalue weighted by atomic mass is 14.9. The second-order valence-electron chi connectivity index (χ2n) is 17.6. The molecule has 290 valence electrons. The van der Waals surface area contributed by atoms with Crippen molar-refractivity contribution in [2.75, 3.05) is 0 Å². The van der Waals surface area contributed by atoms with E-state index >= 15 is 0 Å². The molecule has 1 aromatic heterocycles. The van der Waals surface area contributed by atoms with Crippen molar-refractivity contribution in [3.63, 3.8) is 0 Å². The SMILES string of the molecule is CC1(C)c2cc3ccccc3cc2-c2c(-c3ccc(-c4cc(-c5cccc6c5-c5ccccc5C65c6ccccc6-c6ccccc65)nc(-c5ccccc5)n4)cc3)cccc21. The summed E-state index contributed by atoms with van der Waals surface area (Å²) in [5.41, 5.74) is 22.7. The molecule has 0 aliphatic heterocycles. The lowest BCUT2D eigenvalue weighted by Gasteiger charge is -2.30. The zero-order valence-electron chi connectivity index (χ0n) is 34.5. The summed E-state index contributed by atoms with van der Waals surface area (Å²) >= 11 is 0. The van der Waals surface area contributed by atoms with Crippen molar-refractivity contribution in [3.8, 4) is 78.4 Å². The maximum atomic E-state index is 5.40. The highest BCUT2D eigenvalue weighted by Gasteiger charge is 2.52. The molecule has 0 amide bonds. The highest BCUT2D eigenvalue weighted by molar-refractivity contribution is 6.01. The molecule has 1 spiro atoms. The van der Waals surface area contributed by atoms with E-state index in [0.29, 0.717) is 5.82 Å². The van der Waals surface area contributed by atoms with Gasteiger partial charge < -0.3 is 0 Å². The number of rotatable bonds is 4. The Hall–Kier alpha value is -7.68. The van der Waals surface area contributed by atoms with Gasteiger partial charge in [0.25, 0.3) is 0 Å². The first-order chi connectivity index (χ1) is 30.5. The molecule has 0 saturated carbocycles. The maximum Gasteiger partial charge on any atom is 0.160 e. The second-order valence-corrected chi connectivity index (χ2v) is 17.6. The summed E-state index contributed by atoms with van der Waals surface area (Å²) in [5, 5.41) is 2.56. The predicted molar refractivity (Wildman–Crippen MR) is 255 cm³/mol. The van der Waals surface area contributed by atoms with Gasteiger partial charge in [-0.15, -0.1) is 0 Å². The monoisotopic (exact) mass is 788 g/mol. The number of nitrogens with zero attached hydrogens (tertiary/aromatic N) is 2. The van der Waals surface area contributed by atoms with Crippen LogP contribution in [0.5, 0.6) is 0 Å². The predicted octanol–water partition coefficient (Wildman–Crippen LogP) is 14.9. The minimum Gasteiger partial charge on any atom is -0.228 e. The van der Waals surface area contributed by atoms with Gasteiger partial charge in [0.15, 0.2) is 5.82 Å². The molecule has 0 atom stereocenters. The molecular weight excluding hydrogens is 749 g/mol. The number of fused-ring (bicyclic) bond motifs is 14. The lowest BCUT2D eigenvalue weighted by molar-refractivity contribution is 0.661. The number of hydrogen-bond donors (Lipinski definition) is 0. The molecular formula is C60H40N2. The Labute approximate surface area is 361 Å². The van der Waals surface area contributed by atoms with E-state index in [1.807, 2.05) is 6.07 Å². The van der Waals surface area contributed by atoms with Crippen molar-refractivity contribution in [3.05, 3.63) is 240 Å². The van der Waals surface area contributed by atoms with Crippen LogP contribution in [0.3, 0.4) is 0 Å². The smallest absolute Gasteiger partial charge is 0.160 e. The molecule has 0 radical (unpaired) electrons. The summed E-state index contributed by atoms with van der Waals surface area (Å²) in [4.78, 5) is 10.7. The van der Waals surface area contributed by atoms with E-state index in [0.717, 1.165) is 28.1 Å². The normalized spacial score (nSPS) is 14.2. The molecule has 0 N–H and O–H groups in total. The van der Waals surface area contributed by atoms with E-state index in [2.05, 4.69) is 214 Å². The van der Waals surface area contributed by atoms with Crippen molar-refractivity contribution >= 4 is 10.8 Å². The third-order valence-electron chi connectivity index (χ3n) is 14.1. The second kappa shape index (κ2) is 12.9. The lowest BCUT2D eigenvalue weighted by atomic mass is 9.70. The summed E-state index contributed by atoms with van der Waals surface area (Å²) in [7, 11) is 0. The van der Waals surface area contributed by atoms with Gasteiger partial charge in [-0.1, -0.05) is 202 Å². The van der Waals surface area contributed by atoms with Crippen molar-refractivity contribution in [2.45, 2.75) is 24.7 Å². The molecule has 3 aliphatic rings. The number of aromatic nitrogens is 2. The van der Waals surface area contributed by atoms with Crippen LogP contribution in [0.15, 0.2) is 206 Å². The van der Waals surface area contributed by atoms with Crippen LogP contribution in [-0.2, 0) is 10.8 Å². The first-order valence-corrected chi connectivity index (χ1v) is 21.7. The quantitative estimate of drug-likeness (QED) is 0.177. The first-order valence-electron chi connectivity index (χ1n) is 21.7. The summed E-state index contributed by atoms with van der Waals surface area (Å²) in [6.45, 7) is 4.73. The van der Waals surface area contributed by atoms with Gasteiger partial charge in [0.2, 0.25) is 0 Å². The van der Waals surface area contributed by atoms with E-state index in [-0.39, 0.29) is 5.41 Å². The fourth-order valence-electron chi connectivity index (χ4n) is 11.3. The van der Waals surface area contributed by atoms with Crippen LogP contribution in [0.1, 0.15) is 47.2 Å². The fourth-order valence-corrected chi connectivity index (χ4v) is 11.3. The summed E-state index contributed by atoms with van der Waals surface area (Å²) in [6.07, 6.45) is 0. The zero-order chi connectivity index (χ0) is 41.2. The van der Waals surface area contributed by atoms with Gasteiger partial charge in [0.05, 0.1) is 16.8 Å². The number of hydrogen-bond acceptors (Lipinski definition) is 2. The van der Waals surface area contributed by atoms with E-state index in [1.54, 1.807) is 0 Å². The molecule has 9 aromatic carbocycles. The number of benzene rings is 9. The van der Waals surface area contributed by atoms with E-state index in [4.69, 9.17) is 9.97 Å². The Morgan fingerprint density at radius 2 is 0.806 bits per heavy atom. The van der Waals surface area contributed by atoms with Gasteiger partial charge >= 0.3 is 0 Å². The standard InChI is InChI=1S/C60H40N2/c1-59(2)51-28-14-23-42(56(51)47-34-40-18-6-7-19-41(40)35-53(47)59)37-30-32-38(33-31-37)54-36-55(62-58(61-54)39-16-4-3-5-17-39)46-24-15-29-52-57(46)45-22-10-13-27-50(45)60(52)48-25-11-8-20-43(48)44-21-9-12-26-49(44)60/h3-36H,1-2H3. The van der Waals surface area contributed by atoms with Crippen LogP contribution >= 0.6 is 0 Å². The minimum atomic E-state index is -0.427. The minimum absolute atomic E-state index is 0.0991. The molecule has 2 heteroatoms. The maximum absolute atomic E-state index is 5.40. The molecule has 62 heavy (non-hydrogen) atoms. The molecule has 2 nitrogen and oxygen atoms in total. The van der Waals surface area contributed by atoms with Crippen molar-refractivity contribution in [1.29, 1.82) is 0 Å². The Bertz CT molecular complexity index is 3440. The molecule has 0 saturated heterocycles. The van der Waals surface area contributed by atoms with Gasteiger partial charge in [0.1, 0.15) is 0 Å². The Balaban J connectivity index is 0.980. The zero-order valence-corrected chi connectivity index (χ0v) is 34.5. The van der Waals surface area contributed by atoms with Gasteiger partial charge in [-0.2, -0.15) is 0 Å². The van der Waals surface area contributed by atoms with E-state index < -0.39 is 5.41 Å². The third kappa shape index (κ3) is 4.75. The Morgan fingerprint density at radius 1 is 0.306 bits per heavy atom. The van der Waals surface area contributed by atoms with Crippen LogP contribution in [0.2, 0.25) is 0 Å². The molecule has 3 aliphatic carbocycles. The average molecular weight is 789 g/mol. The molecule has 0 unspecified atom stereocenters. The third-order valence-corrected chi connectivity index (χ3v) is 14.1. The lowest BCUT2D eigenvalue weighted by Crippen LogP contribution is -2.25. The van der Waals surface area contributed by atoms with Gasteiger partial charge in [-0.05, 0) is 107 Å². The van der Waals surface area contributed by atoms with Crippen molar-refractivity contribution < 1.29 is 0 Å². The van der Waals surface area contributed by atoms with Crippen LogP contribution in [0.4, 0.5) is 0 Å². The Morgan fingerprint density at radius 3 is 1.52 bits per heavy atom. The topological polar surface area (TPSA) is 25.8 Å². The first kappa shape index (κ1) is 35.1. The average Bonchev–Trinajstić information content (AvgIpc) is 3.89. The molecule has 13 rings (SSSR count). The summed E-state index contributed by atoms with van der Waals surface area (Å²) in [5.74, 6) is 0.712. The van der Waals surface area contributed by atoms with E-state index in [1.165, 1.54) is 88.7 Å². The van der Waals surface area contributed by atoms with Gasteiger partial charge in [-0.3, -0.25) is 0 Å². The van der Waals surface area contributed by atoms with Crippen LogP contribution in [0, 0.1) is 0 Å². The van der Waals surface area contributed by atoms with Crippen LogP contribution < -0.4 is 0 Å². The molecule has 0 bridgehead atoms. The molecule has 1 heterocycles. The molecule has 10 aromatic rings. The molecule has 0 fully saturated rings. The van der Waals surface area contributed by atoms with Crippen molar-refractivity contribution in [1.82, 2.24) is 9.97 Å². The van der Waals surface area contributed by atoms with Crippen molar-refractivity contribution in [2.24, 2.45) is 0 Å². The van der Waals surface area contributed by atoms with Crippen LogP contribution in [0.25, 0.3) is 89.2 Å². The fraction of sp³-hybridized carbons (Fsp3) is 0.0667. The van der Waals surface area contributed by atoms with Gasteiger partial charge in [-0.25, -0.2) is 9.97 Å². The van der Waals surface area contributed by atoms with E-state index in [9.17, 15) is 0 Å². The summed E-state index contributed by atoms with van der Waals surface area (Å²) in [6, 6.07) is 75.8. The largest absolute Gasteiger partial charge is 0.228 e.